The van der Waals surface area contributed by atoms with Crippen LogP contribution in [0.5, 0.6) is 0 Å². The van der Waals surface area contributed by atoms with Gasteiger partial charge in [0.1, 0.15) is 5.82 Å². The summed E-state index contributed by atoms with van der Waals surface area (Å²) in [4.78, 5) is 18.0. The topological polar surface area (TPSA) is 48.1 Å². The molecule has 1 unspecified atom stereocenters. The molecule has 2 aromatic carbocycles. The van der Waals surface area contributed by atoms with Crippen molar-refractivity contribution in [2.75, 3.05) is 11.4 Å². The van der Waals surface area contributed by atoms with E-state index < -0.39 is 5.82 Å². The van der Waals surface area contributed by atoms with Gasteiger partial charge in [-0.3, -0.25) is 4.79 Å². The number of carbonyl (C=O) groups excluding carboxylic acids is 1. The molecule has 1 atom stereocenters. The summed E-state index contributed by atoms with van der Waals surface area (Å²) in [6.07, 6.45) is 2.46. The van der Waals surface area contributed by atoms with Crippen LogP contribution in [0.15, 0.2) is 61.3 Å². The van der Waals surface area contributed by atoms with Crippen LogP contribution in [0.3, 0.4) is 0 Å². The van der Waals surface area contributed by atoms with E-state index in [1.54, 1.807) is 12.1 Å². The first-order valence-electron chi connectivity index (χ1n) is 13.4. The van der Waals surface area contributed by atoms with Crippen molar-refractivity contribution in [1.82, 2.24) is 10.3 Å². The van der Waals surface area contributed by atoms with Crippen LogP contribution < -0.4 is 10.2 Å². The molecule has 1 aromatic heterocycles. The van der Waals surface area contributed by atoms with E-state index in [1.807, 2.05) is 73.6 Å². The SMILES string of the molecule is C=Cc1cc2cc(N3CCC(C(=O)NCc4cc(F)cc(Cl)c4)C3=C)ccc2[nH]1.CC.CC.CC.CC. The van der Waals surface area contributed by atoms with Crippen LogP contribution >= 0.6 is 11.6 Å². The number of H-pyrrole nitrogens is 1. The van der Waals surface area contributed by atoms with Crippen LogP contribution in [0, 0.1) is 11.7 Å². The van der Waals surface area contributed by atoms with Crippen molar-refractivity contribution in [3.8, 4) is 0 Å². The second-order valence-corrected chi connectivity index (χ2v) is 7.62. The zero-order valence-corrected chi connectivity index (χ0v) is 24.6. The summed E-state index contributed by atoms with van der Waals surface area (Å²) >= 11 is 5.87. The van der Waals surface area contributed by atoms with Crippen LogP contribution in [0.25, 0.3) is 17.0 Å². The number of hydrogen-bond acceptors (Lipinski definition) is 2. The van der Waals surface area contributed by atoms with Gasteiger partial charge in [-0.1, -0.05) is 80.1 Å². The fourth-order valence-electron chi connectivity index (χ4n) is 3.78. The Labute approximate surface area is 228 Å². The van der Waals surface area contributed by atoms with Crippen molar-refractivity contribution in [3.05, 3.63) is 83.4 Å². The molecule has 0 bridgehead atoms. The van der Waals surface area contributed by atoms with Crippen molar-refractivity contribution < 1.29 is 9.18 Å². The zero-order chi connectivity index (χ0) is 28.5. The number of amides is 1. The summed E-state index contributed by atoms with van der Waals surface area (Å²) < 4.78 is 13.5. The number of benzene rings is 2. The Morgan fingerprint density at radius 2 is 1.73 bits per heavy atom. The fourth-order valence-corrected chi connectivity index (χ4v) is 4.02. The lowest BCUT2D eigenvalue weighted by Gasteiger charge is -2.21. The van der Waals surface area contributed by atoms with Crippen molar-refractivity contribution in [3.63, 3.8) is 0 Å². The van der Waals surface area contributed by atoms with Gasteiger partial charge in [-0.05, 0) is 60.5 Å². The predicted molar refractivity (Wildman–Crippen MR) is 162 cm³/mol. The second kappa shape index (κ2) is 18.2. The maximum atomic E-state index is 13.5. The highest BCUT2D eigenvalue weighted by Gasteiger charge is 2.32. The molecule has 2 N–H and O–H groups in total. The molecule has 3 aromatic rings. The second-order valence-electron chi connectivity index (χ2n) is 7.18. The summed E-state index contributed by atoms with van der Waals surface area (Å²) in [6.45, 7) is 24.9. The molecule has 1 fully saturated rings. The van der Waals surface area contributed by atoms with E-state index >= 15 is 0 Å². The van der Waals surface area contributed by atoms with Crippen molar-refractivity contribution >= 4 is 40.2 Å². The molecule has 4 nitrogen and oxygen atoms in total. The number of aromatic amines is 1. The summed E-state index contributed by atoms with van der Waals surface area (Å²) in [7, 11) is 0. The lowest BCUT2D eigenvalue weighted by molar-refractivity contribution is -0.123. The first kappa shape index (κ1) is 34.0. The number of carbonyl (C=O) groups is 1. The molecule has 0 saturated carbocycles. The first-order valence-corrected chi connectivity index (χ1v) is 13.8. The van der Waals surface area contributed by atoms with E-state index in [4.69, 9.17) is 11.6 Å². The Balaban J connectivity index is 0.00000148. The lowest BCUT2D eigenvalue weighted by Crippen LogP contribution is -2.31. The van der Waals surface area contributed by atoms with Crippen LogP contribution in [-0.4, -0.2) is 17.4 Å². The number of hydrogen-bond donors (Lipinski definition) is 2. The Morgan fingerprint density at radius 1 is 1.08 bits per heavy atom. The molecule has 4 rings (SSSR count). The molecule has 1 aliphatic rings. The third-order valence-corrected chi connectivity index (χ3v) is 5.47. The molecule has 1 saturated heterocycles. The summed E-state index contributed by atoms with van der Waals surface area (Å²) in [5.41, 5.74) is 4.39. The Bertz CT molecular complexity index is 1100. The zero-order valence-electron chi connectivity index (χ0n) is 23.8. The molecule has 204 valence electrons. The van der Waals surface area contributed by atoms with Crippen molar-refractivity contribution in [1.29, 1.82) is 0 Å². The number of rotatable bonds is 5. The Hall–Kier alpha value is -3.05. The molecule has 37 heavy (non-hydrogen) atoms. The van der Waals surface area contributed by atoms with Gasteiger partial charge in [-0.15, -0.1) is 0 Å². The van der Waals surface area contributed by atoms with E-state index in [9.17, 15) is 9.18 Å². The molecule has 0 radical (unpaired) electrons. The van der Waals surface area contributed by atoms with Gasteiger partial charge < -0.3 is 15.2 Å². The monoisotopic (exact) mass is 529 g/mol. The van der Waals surface area contributed by atoms with E-state index in [0.29, 0.717) is 23.6 Å². The van der Waals surface area contributed by atoms with Gasteiger partial charge in [0.05, 0.1) is 5.92 Å². The van der Waals surface area contributed by atoms with Gasteiger partial charge in [0.25, 0.3) is 0 Å². The third-order valence-electron chi connectivity index (χ3n) is 5.25. The van der Waals surface area contributed by atoms with Crippen LogP contribution in [-0.2, 0) is 11.3 Å². The number of nitrogens with zero attached hydrogens (tertiary/aromatic N) is 1. The molecule has 1 amide bonds. The highest BCUT2D eigenvalue weighted by Crippen LogP contribution is 2.34. The highest BCUT2D eigenvalue weighted by molar-refractivity contribution is 6.30. The van der Waals surface area contributed by atoms with E-state index in [-0.39, 0.29) is 18.4 Å². The maximum Gasteiger partial charge on any atom is 0.229 e. The Kier molecular flexibility index (Phi) is 16.7. The van der Waals surface area contributed by atoms with Crippen LogP contribution in [0.1, 0.15) is 73.1 Å². The van der Waals surface area contributed by atoms with Gasteiger partial charge in [0.2, 0.25) is 5.91 Å². The largest absolute Gasteiger partial charge is 0.355 e. The number of fused-ring (bicyclic) bond motifs is 1. The minimum Gasteiger partial charge on any atom is -0.355 e. The molecular formula is C31H45ClFN3O. The van der Waals surface area contributed by atoms with Crippen molar-refractivity contribution in [2.45, 2.75) is 68.4 Å². The standard InChI is InChI=1S/C23H21ClFN3O.4C2H6/c1-3-19-10-16-11-20(4-5-22(16)27-19)28-7-6-21(14(28)2)23(29)26-13-15-8-17(24)12-18(25)9-15;4*1-2/h3-5,8-12,21,27H,1-2,6-7,13H2,(H,26,29);4*1-2H3. The van der Waals surface area contributed by atoms with E-state index in [0.717, 1.165) is 28.0 Å². The third kappa shape index (κ3) is 9.40. The normalized spacial score (nSPS) is 13.5. The summed E-state index contributed by atoms with van der Waals surface area (Å²) in [5.74, 6) is -0.850. The van der Waals surface area contributed by atoms with Gasteiger partial charge in [-0.25, -0.2) is 4.39 Å². The minimum absolute atomic E-state index is 0.116. The quantitative estimate of drug-likeness (QED) is 0.346. The number of aromatic nitrogens is 1. The van der Waals surface area contributed by atoms with Crippen molar-refractivity contribution in [2.24, 2.45) is 5.92 Å². The van der Waals surface area contributed by atoms with E-state index in [1.165, 1.54) is 12.1 Å². The molecule has 0 aliphatic carbocycles. The number of anilines is 1. The number of nitrogens with one attached hydrogen (secondary N) is 2. The van der Waals surface area contributed by atoms with Gasteiger partial charge in [0, 0.05) is 46.1 Å². The lowest BCUT2D eigenvalue weighted by atomic mass is 10.1. The predicted octanol–water partition coefficient (Wildman–Crippen LogP) is 9.36. The van der Waals surface area contributed by atoms with E-state index in [2.05, 4.69) is 34.4 Å². The average Bonchev–Trinajstić information content (AvgIpc) is 3.54. The summed E-state index contributed by atoms with van der Waals surface area (Å²) in [5, 5.41) is 4.27. The van der Waals surface area contributed by atoms with Gasteiger partial charge in [-0.2, -0.15) is 0 Å². The molecule has 6 heteroatoms. The van der Waals surface area contributed by atoms with Gasteiger partial charge in [0.15, 0.2) is 0 Å². The first-order chi connectivity index (χ1) is 17.9. The fraction of sp³-hybridized carbons (Fsp3) is 0.387. The van der Waals surface area contributed by atoms with Gasteiger partial charge >= 0.3 is 0 Å². The number of halogens is 2. The van der Waals surface area contributed by atoms with Crippen LogP contribution in [0.4, 0.5) is 10.1 Å². The highest BCUT2D eigenvalue weighted by atomic mass is 35.5. The minimum atomic E-state index is -0.419. The van der Waals surface area contributed by atoms with Crippen LogP contribution in [0.2, 0.25) is 5.02 Å². The molecule has 1 aliphatic heterocycles. The molecular weight excluding hydrogens is 485 g/mol. The molecule has 0 spiro atoms. The summed E-state index contributed by atoms with van der Waals surface area (Å²) in [6, 6.07) is 12.4. The average molecular weight is 530 g/mol. The smallest absolute Gasteiger partial charge is 0.229 e. The molecule has 2 heterocycles. The Morgan fingerprint density at radius 3 is 2.32 bits per heavy atom. The maximum absolute atomic E-state index is 13.5.